The van der Waals surface area contributed by atoms with Crippen LogP contribution in [0.15, 0.2) is 39.4 Å². The quantitative estimate of drug-likeness (QED) is 0.901. The fraction of sp³-hybridized carbons (Fsp3) is 0.0769. The molecule has 1 aromatic heterocycles. The minimum atomic E-state index is -4.58. The Labute approximate surface area is 125 Å². The number of nitrogens with zero attached hydrogens (tertiary/aromatic N) is 1. The summed E-state index contributed by atoms with van der Waals surface area (Å²) in [6, 6.07) is 6.21. The molecule has 108 valence electrons. The molecule has 0 aliphatic heterocycles. The van der Waals surface area contributed by atoms with Crippen LogP contribution in [0.1, 0.15) is 20.8 Å². The molecule has 21 heavy (non-hydrogen) atoms. The fourth-order valence-electron chi connectivity index (χ4n) is 1.55. The third kappa shape index (κ3) is 3.56. The number of rotatable bonds is 3. The van der Waals surface area contributed by atoms with E-state index in [-0.39, 0.29) is 4.88 Å². The van der Waals surface area contributed by atoms with Crippen LogP contribution in [-0.4, -0.2) is 11.1 Å². The van der Waals surface area contributed by atoms with Crippen molar-refractivity contribution in [3.8, 4) is 6.07 Å². The first-order chi connectivity index (χ1) is 9.81. The van der Waals surface area contributed by atoms with Crippen LogP contribution in [-0.2, 0) is 6.18 Å². The van der Waals surface area contributed by atoms with Gasteiger partial charge < -0.3 is 5.11 Å². The Morgan fingerprint density at radius 2 is 2.00 bits per heavy atom. The Kier molecular flexibility index (Phi) is 4.25. The molecule has 2 aromatic rings. The van der Waals surface area contributed by atoms with Crippen molar-refractivity contribution in [3.63, 3.8) is 0 Å². The van der Waals surface area contributed by atoms with E-state index in [0.717, 1.165) is 35.2 Å². The molecule has 1 aromatic carbocycles. The number of carbonyl (C=O) groups is 1. The van der Waals surface area contributed by atoms with Crippen molar-refractivity contribution in [1.29, 1.82) is 5.26 Å². The monoisotopic (exact) mass is 329 g/mol. The number of benzene rings is 1. The van der Waals surface area contributed by atoms with Crippen molar-refractivity contribution < 1.29 is 23.1 Å². The third-order valence-electron chi connectivity index (χ3n) is 2.44. The molecule has 0 amide bonds. The van der Waals surface area contributed by atoms with Crippen molar-refractivity contribution >= 4 is 29.1 Å². The number of aromatic carboxylic acids is 1. The van der Waals surface area contributed by atoms with E-state index in [0.29, 0.717) is 9.79 Å². The van der Waals surface area contributed by atoms with Gasteiger partial charge in [-0.3, -0.25) is 0 Å². The van der Waals surface area contributed by atoms with E-state index in [9.17, 15) is 18.0 Å². The number of thiophene rings is 1. The predicted molar refractivity (Wildman–Crippen MR) is 71.6 cm³/mol. The summed E-state index contributed by atoms with van der Waals surface area (Å²) in [5, 5.41) is 19.2. The smallest absolute Gasteiger partial charge is 0.417 e. The number of nitriles is 1. The molecule has 0 bridgehead atoms. The largest absolute Gasteiger partial charge is 0.477 e. The van der Waals surface area contributed by atoms with Crippen LogP contribution in [0.25, 0.3) is 0 Å². The SMILES string of the molecule is N#Cc1cc(Sc2csc(C(=O)O)c2)ccc1C(F)(F)F. The molecule has 1 N–H and O–H groups in total. The van der Waals surface area contributed by atoms with Crippen molar-refractivity contribution in [2.24, 2.45) is 0 Å². The van der Waals surface area contributed by atoms with Gasteiger partial charge in [0.05, 0.1) is 17.2 Å². The summed E-state index contributed by atoms with van der Waals surface area (Å²) in [5.74, 6) is -1.06. The second kappa shape index (κ2) is 5.79. The van der Waals surface area contributed by atoms with Crippen LogP contribution >= 0.6 is 23.1 Å². The zero-order chi connectivity index (χ0) is 15.6. The van der Waals surface area contributed by atoms with Crippen molar-refractivity contribution in [2.45, 2.75) is 16.0 Å². The van der Waals surface area contributed by atoms with Crippen LogP contribution in [0.5, 0.6) is 0 Å². The standard InChI is InChI=1S/C13H6F3NO2S2/c14-13(15,16)10-2-1-8(3-7(10)5-17)21-9-4-11(12(18)19)20-6-9/h1-4,6H,(H,18,19). The second-order valence-electron chi connectivity index (χ2n) is 3.87. The zero-order valence-corrected chi connectivity index (χ0v) is 11.8. The molecule has 0 saturated carbocycles. The molecular formula is C13H6F3NO2S2. The summed E-state index contributed by atoms with van der Waals surface area (Å²) in [6.07, 6.45) is -4.58. The van der Waals surface area contributed by atoms with Gasteiger partial charge in [-0.25, -0.2) is 4.79 Å². The summed E-state index contributed by atoms with van der Waals surface area (Å²) >= 11 is 2.13. The highest BCUT2D eigenvalue weighted by Crippen LogP contribution is 2.36. The molecule has 0 spiro atoms. The number of carboxylic acid groups (broad SMARTS) is 1. The minimum absolute atomic E-state index is 0.143. The van der Waals surface area contributed by atoms with Gasteiger partial charge in [-0.15, -0.1) is 11.3 Å². The Bertz CT molecular complexity index is 732. The zero-order valence-electron chi connectivity index (χ0n) is 10.1. The summed E-state index contributed by atoms with van der Waals surface area (Å²) in [7, 11) is 0. The first kappa shape index (κ1) is 15.4. The van der Waals surface area contributed by atoms with Gasteiger partial charge in [-0.1, -0.05) is 11.8 Å². The molecule has 0 radical (unpaired) electrons. The van der Waals surface area contributed by atoms with E-state index in [1.165, 1.54) is 18.2 Å². The predicted octanol–water partition coefficient (Wildman–Crippen LogP) is 4.49. The van der Waals surface area contributed by atoms with Gasteiger partial charge >= 0.3 is 12.1 Å². The lowest BCUT2D eigenvalue weighted by atomic mass is 10.1. The molecule has 0 atom stereocenters. The van der Waals surface area contributed by atoms with Crippen LogP contribution in [0.3, 0.4) is 0 Å². The van der Waals surface area contributed by atoms with E-state index in [4.69, 9.17) is 10.4 Å². The molecule has 2 rings (SSSR count). The van der Waals surface area contributed by atoms with Crippen molar-refractivity contribution in [3.05, 3.63) is 45.6 Å². The average Bonchev–Trinajstić information content (AvgIpc) is 2.86. The third-order valence-corrected chi connectivity index (χ3v) is 4.47. The molecule has 0 unspecified atom stereocenters. The number of hydrogen-bond donors (Lipinski definition) is 1. The fourth-order valence-corrected chi connectivity index (χ4v) is 3.33. The lowest BCUT2D eigenvalue weighted by molar-refractivity contribution is -0.137. The van der Waals surface area contributed by atoms with E-state index in [1.54, 1.807) is 5.38 Å². The van der Waals surface area contributed by atoms with Crippen LogP contribution < -0.4 is 0 Å². The highest BCUT2D eigenvalue weighted by molar-refractivity contribution is 7.99. The van der Waals surface area contributed by atoms with Crippen LogP contribution in [0.4, 0.5) is 13.2 Å². The molecule has 0 aliphatic rings. The summed E-state index contributed by atoms with van der Waals surface area (Å²) < 4.78 is 38.0. The van der Waals surface area contributed by atoms with Crippen molar-refractivity contribution in [2.75, 3.05) is 0 Å². The highest BCUT2D eigenvalue weighted by Gasteiger charge is 2.33. The van der Waals surface area contributed by atoms with Gasteiger partial charge in [-0.2, -0.15) is 18.4 Å². The van der Waals surface area contributed by atoms with Gasteiger partial charge in [-0.05, 0) is 24.3 Å². The first-order valence-electron chi connectivity index (χ1n) is 5.42. The normalized spacial score (nSPS) is 11.1. The van der Waals surface area contributed by atoms with Gasteiger partial charge in [0.25, 0.3) is 0 Å². The summed E-state index contributed by atoms with van der Waals surface area (Å²) in [5.41, 5.74) is -1.44. The summed E-state index contributed by atoms with van der Waals surface area (Å²) in [4.78, 5) is 11.9. The minimum Gasteiger partial charge on any atom is -0.477 e. The molecule has 8 heteroatoms. The summed E-state index contributed by atoms with van der Waals surface area (Å²) in [6.45, 7) is 0. The van der Waals surface area contributed by atoms with E-state index in [1.807, 2.05) is 0 Å². The van der Waals surface area contributed by atoms with E-state index < -0.39 is 23.3 Å². The number of halogens is 3. The molecule has 0 fully saturated rings. The molecule has 0 saturated heterocycles. The van der Waals surface area contributed by atoms with E-state index >= 15 is 0 Å². The Hall–Kier alpha value is -1.98. The van der Waals surface area contributed by atoms with Crippen molar-refractivity contribution in [1.82, 2.24) is 0 Å². The lowest BCUT2D eigenvalue weighted by Gasteiger charge is -2.09. The van der Waals surface area contributed by atoms with Gasteiger partial charge in [0, 0.05) is 15.2 Å². The molecule has 0 aliphatic carbocycles. The maximum absolute atomic E-state index is 12.7. The topological polar surface area (TPSA) is 61.1 Å². The Morgan fingerprint density at radius 3 is 2.52 bits per heavy atom. The lowest BCUT2D eigenvalue weighted by Crippen LogP contribution is -2.07. The Balaban J connectivity index is 2.29. The van der Waals surface area contributed by atoms with Crippen LogP contribution in [0.2, 0.25) is 0 Å². The number of carboxylic acids is 1. The second-order valence-corrected chi connectivity index (χ2v) is 5.93. The number of alkyl halides is 3. The maximum Gasteiger partial charge on any atom is 0.417 e. The first-order valence-corrected chi connectivity index (χ1v) is 7.12. The number of hydrogen-bond acceptors (Lipinski definition) is 4. The molecule has 1 heterocycles. The van der Waals surface area contributed by atoms with Crippen LogP contribution in [0, 0.1) is 11.3 Å². The highest BCUT2D eigenvalue weighted by atomic mass is 32.2. The maximum atomic E-state index is 12.7. The molecular weight excluding hydrogens is 323 g/mol. The van der Waals surface area contributed by atoms with Gasteiger partial charge in [0.15, 0.2) is 0 Å². The average molecular weight is 329 g/mol. The van der Waals surface area contributed by atoms with Gasteiger partial charge in [0.2, 0.25) is 0 Å². The van der Waals surface area contributed by atoms with Gasteiger partial charge in [0.1, 0.15) is 4.88 Å². The van der Waals surface area contributed by atoms with E-state index in [2.05, 4.69) is 0 Å². The molecule has 3 nitrogen and oxygen atoms in total. The Morgan fingerprint density at radius 1 is 1.29 bits per heavy atom.